The van der Waals surface area contributed by atoms with Crippen molar-refractivity contribution >= 4 is 5.65 Å². The third kappa shape index (κ3) is 2.68. The molecule has 1 aliphatic heterocycles. The number of rotatable bonds is 3. The summed E-state index contributed by atoms with van der Waals surface area (Å²) in [4.78, 5) is 21.9. The van der Waals surface area contributed by atoms with Crippen molar-refractivity contribution in [2.45, 2.75) is 19.5 Å². The van der Waals surface area contributed by atoms with Gasteiger partial charge in [-0.2, -0.15) is 4.52 Å². The van der Waals surface area contributed by atoms with E-state index in [0.717, 1.165) is 17.8 Å². The summed E-state index contributed by atoms with van der Waals surface area (Å²) in [5.41, 5.74) is 2.00. The molecule has 1 aromatic carbocycles. The number of halogens is 1. The largest absolute Gasteiger partial charge is 0.348 e. The Kier molecular flexibility index (Phi) is 3.53. The van der Waals surface area contributed by atoms with Gasteiger partial charge in [-0.15, -0.1) is 10.2 Å². The Hall–Kier alpha value is -3.47. The van der Waals surface area contributed by atoms with Gasteiger partial charge in [-0.25, -0.2) is 19.3 Å². The molecule has 0 radical (unpaired) electrons. The van der Waals surface area contributed by atoms with E-state index in [2.05, 4.69) is 40.6 Å². The van der Waals surface area contributed by atoms with Crippen molar-refractivity contribution in [3.05, 3.63) is 57.6 Å². The van der Waals surface area contributed by atoms with Gasteiger partial charge in [0.15, 0.2) is 17.3 Å². The van der Waals surface area contributed by atoms with Crippen LogP contribution in [-0.4, -0.2) is 51.7 Å². The topological polar surface area (TPSA) is 121 Å². The molecular formula is C16H14FN9O. The Morgan fingerprint density at radius 2 is 2.15 bits per heavy atom. The second kappa shape index (κ2) is 6.06. The Balaban J connectivity index is 1.58. The van der Waals surface area contributed by atoms with E-state index >= 15 is 0 Å². The van der Waals surface area contributed by atoms with Crippen molar-refractivity contribution in [2.24, 2.45) is 0 Å². The van der Waals surface area contributed by atoms with Crippen LogP contribution in [0.25, 0.3) is 17.0 Å². The number of fused-ring (bicyclic) bond motifs is 3. The summed E-state index contributed by atoms with van der Waals surface area (Å²) in [7, 11) is 0. The minimum atomic E-state index is -0.432. The van der Waals surface area contributed by atoms with E-state index in [4.69, 9.17) is 0 Å². The van der Waals surface area contributed by atoms with Gasteiger partial charge in [-0.3, -0.25) is 4.90 Å². The quantitative estimate of drug-likeness (QED) is 0.534. The number of hydrogen-bond donors (Lipinski definition) is 2. The number of nitrogens with zero attached hydrogens (tertiary/aromatic N) is 7. The summed E-state index contributed by atoms with van der Waals surface area (Å²) < 4.78 is 15.3. The van der Waals surface area contributed by atoms with E-state index < -0.39 is 5.82 Å². The normalized spacial score (nSPS) is 14.6. The standard InChI is InChI=1S/C16H14FN9O/c17-11-4-2-1-3-9(11)14-19-15-10-7-25(8-13-20-23-24-21-13)6-5-12(10)18-16(27)26(15)22-14/h1-4H,5-8H2,(H,18,27)(H,20,21,23,24). The van der Waals surface area contributed by atoms with E-state index in [1.54, 1.807) is 18.2 Å². The van der Waals surface area contributed by atoms with Gasteiger partial charge in [0.2, 0.25) is 0 Å². The molecule has 2 N–H and O–H groups in total. The summed E-state index contributed by atoms with van der Waals surface area (Å²) in [5, 5.41) is 18.0. The molecule has 27 heavy (non-hydrogen) atoms. The zero-order chi connectivity index (χ0) is 18.4. The molecule has 0 atom stereocenters. The van der Waals surface area contributed by atoms with Crippen molar-refractivity contribution in [3.8, 4) is 11.4 Å². The van der Waals surface area contributed by atoms with Crippen molar-refractivity contribution in [1.29, 1.82) is 0 Å². The number of H-pyrrole nitrogens is 2. The lowest BCUT2D eigenvalue weighted by Gasteiger charge is -2.27. The minimum Gasteiger partial charge on any atom is -0.309 e. The lowest BCUT2D eigenvalue weighted by atomic mass is 10.1. The first-order valence-corrected chi connectivity index (χ1v) is 8.40. The number of aromatic nitrogens is 8. The Morgan fingerprint density at radius 3 is 2.96 bits per heavy atom. The number of hydrogen-bond acceptors (Lipinski definition) is 7. The zero-order valence-electron chi connectivity index (χ0n) is 14.1. The van der Waals surface area contributed by atoms with Gasteiger partial charge in [0.25, 0.3) is 0 Å². The molecule has 0 aliphatic carbocycles. The van der Waals surface area contributed by atoms with E-state index in [9.17, 15) is 9.18 Å². The molecule has 5 rings (SSSR count). The number of benzene rings is 1. The highest BCUT2D eigenvalue weighted by Crippen LogP contribution is 2.24. The van der Waals surface area contributed by atoms with Crippen LogP contribution >= 0.6 is 0 Å². The average Bonchev–Trinajstić information content (AvgIpc) is 3.33. The monoisotopic (exact) mass is 367 g/mol. The predicted octanol–water partition coefficient (Wildman–Crippen LogP) is 0.295. The molecule has 4 heterocycles. The van der Waals surface area contributed by atoms with E-state index in [1.807, 2.05) is 0 Å². The van der Waals surface area contributed by atoms with Crippen LogP contribution in [0.2, 0.25) is 0 Å². The molecule has 0 bridgehead atoms. The first-order chi connectivity index (χ1) is 13.2. The van der Waals surface area contributed by atoms with Gasteiger partial charge in [-0.1, -0.05) is 12.1 Å². The molecule has 10 nitrogen and oxygen atoms in total. The number of aromatic amines is 2. The molecule has 4 aromatic rings. The highest BCUT2D eigenvalue weighted by Gasteiger charge is 2.24. The van der Waals surface area contributed by atoms with Crippen molar-refractivity contribution in [2.75, 3.05) is 6.54 Å². The Morgan fingerprint density at radius 1 is 1.26 bits per heavy atom. The maximum absolute atomic E-state index is 14.1. The first-order valence-electron chi connectivity index (χ1n) is 8.40. The fourth-order valence-corrected chi connectivity index (χ4v) is 3.34. The summed E-state index contributed by atoms with van der Waals surface area (Å²) in [6.45, 7) is 1.84. The van der Waals surface area contributed by atoms with Crippen molar-refractivity contribution in [3.63, 3.8) is 0 Å². The van der Waals surface area contributed by atoms with E-state index in [0.29, 0.717) is 31.0 Å². The number of tetrazole rings is 1. The maximum atomic E-state index is 14.1. The average molecular weight is 367 g/mol. The molecule has 3 aromatic heterocycles. The van der Waals surface area contributed by atoms with Crippen LogP contribution in [0.5, 0.6) is 0 Å². The molecule has 0 amide bonds. The summed E-state index contributed by atoms with van der Waals surface area (Å²) in [6, 6.07) is 6.23. The van der Waals surface area contributed by atoms with Crippen LogP contribution in [-0.2, 0) is 19.5 Å². The summed E-state index contributed by atoms with van der Waals surface area (Å²) >= 11 is 0. The van der Waals surface area contributed by atoms with Crippen LogP contribution in [0.15, 0.2) is 29.1 Å². The molecule has 0 spiro atoms. The third-order valence-corrected chi connectivity index (χ3v) is 4.63. The zero-order valence-corrected chi connectivity index (χ0v) is 14.1. The molecule has 0 fully saturated rings. The van der Waals surface area contributed by atoms with Crippen LogP contribution in [0.4, 0.5) is 4.39 Å². The Bertz CT molecular complexity index is 1180. The second-order valence-electron chi connectivity index (χ2n) is 6.35. The second-order valence-corrected chi connectivity index (χ2v) is 6.35. The molecule has 0 saturated heterocycles. The van der Waals surface area contributed by atoms with E-state index in [1.165, 1.54) is 10.6 Å². The predicted molar refractivity (Wildman–Crippen MR) is 91.0 cm³/mol. The van der Waals surface area contributed by atoms with Crippen molar-refractivity contribution < 1.29 is 4.39 Å². The van der Waals surface area contributed by atoms with Gasteiger partial charge in [0, 0.05) is 30.8 Å². The van der Waals surface area contributed by atoms with Gasteiger partial charge >= 0.3 is 5.69 Å². The molecule has 0 unspecified atom stereocenters. The molecule has 136 valence electrons. The van der Waals surface area contributed by atoms with Gasteiger partial charge in [-0.05, 0) is 22.6 Å². The minimum absolute atomic E-state index is 0.184. The fourth-order valence-electron chi connectivity index (χ4n) is 3.34. The lowest BCUT2D eigenvalue weighted by molar-refractivity contribution is 0.237. The van der Waals surface area contributed by atoms with Gasteiger partial charge in [0.05, 0.1) is 12.1 Å². The van der Waals surface area contributed by atoms with Gasteiger partial charge in [0.1, 0.15) is 5.82 Å². The lowest BCUT2D eigenvalue weighted by Crippen LogP contribution is -2.34. The molecular weight excluding hydrogens is 353 g/mol. The summed E-state index contributed by atoms with van der Waals surface area (Å²) in [5.74, 6) is 0.411. The third-order valence-electron chi connectivity index (χ3n) is 4.63. The fraction of sp³-hybridized carbons (Fsp3) is 0.250. The smallest absolute Gasteiger partial charge is 0.309 e. The highest BCUT2D eigenvalue weighted by atomic mass is 19.1. The Labute approximate surface area is 151 Å². The SMILES string of the molecule is O=c1[nH]c2c(c3nc(-c4ccccc4F)nn13)CN(Cc1nnn[nH]1)CC2. The van der Waals surface area contributed by atoms with Crippen LogP contribution in [0, 0.1) is 5.82 Å². The van der Waals surface area contributed by atoms with Crippen LogP contribution in [0.3, 0.4) is 0 Å². The first kappa shape index (κ1) is 15.8. The van der Waals surface area contributed by atoms with E-state index in [-0.39, 0.29) is 17.1 Å². The molecule has 0 saturated carbocycles. The van der Waals surface area contributed by atoms with Crippen molar-refractivity contribution in [1.82, 2.24) is 45.1 Å². The highest BCUT2D eigenvalue weighted by molar-refractivity contribution is 5.61. The van der Waals surface area contributed by atoms with Crippen LogP contribution < -0.4 is 5.69 Å². The number of nitrogens with one attached hydrogen (secondary N) is 2. The molecule has 11 heteroatoms. The van der Waals surface area contributed by atoms with Gasteiger partial charge < -0.3 is 4.98 Å². The van der Waals surface area contributed by atoms with Crippen LogP contribution in [0.1, 0.15) is 17.1 Å². The maximum Gasteiger partial charge on any atom is 0.348 e. The molecule has 1 aliphatic rings. The summed E-state index contributed by atoms with van der Waals surface area (Å²) in [6.07, 6.45) is 0.657.